The van der Waals surface area contributed by atoms with Gasteiger partial charge in [0, 0.05) is 18.6 Å². The smallest absolute Gasteiger partial charge is 0.305 e. The molecule has 0 radical (unpaired) electrons. The molecule has 21 heavy (non-hydrogen) atoms. The van der Waals surface area contributed by atoms with Crippen molar-refractivity contribution in [1.29, 1.82) is 0 Å². The summed E-state index contributed by atoms with van der Waals surface area (Å²) in [4.78, 5) is 24.9. The van der Waals surface area contributed by atoms with Crippen LogP contribution in [0.1, 0.15) is 40.0 Å². The summed E-state index contributed by atoms with van der Waals surface area (Å²) in [6.07, 6.45) is 2.05. The van der Waals surface area contributed by atoms with Gasteiger partial charge in [0.1, 0.15) is 6.04 Å². The molecule has 1 aliphatic heterocycles. The Morgan fingerprint density at radius 2 is 1.90 bits per heavy atom. The van der Waals surface area contributed by atoms with E-state index in [4.69, 9.17) is 5.11 Å². The van der Waals surface area contributed by atoms with Crippen LogP contribution in [-0.2, 0) is 19.6 Å². The molecule has 0 aliphatic carbocycles. The highest BCUT2D eigenvalue weighted by Crippen LogP contribution is 2.25. The number of carboxylic acid groups (broad SMARTS) is 1. The largest absolute Gasteiger partial charge is 0.481 e. The third-order valence-corrected chi connectivity index (χ3v) is 4.83. The van der Waals surface area contributed by atoms with E-state index in [2.05, 4.69) is 0 Å². The fourth-order valence-electron chi connectivity index (χ4n) is 2.55. The molecule has 1 heterocycles. The molecule has 0 spiro atoms. The SMILES string of the molecule is CC(C)(C)N(CCC(=O)O)C(=O)C1CCCN1S(C)(=O)=O. The van der Waals surface area contributed by atoms with Crippen LogP contribution in [0.4, 0.5) is 0 Å². The maximum atomic E-state index is 12.7. The lowest BCUT2D eigenvalue weighted by Gasteiger charge is -2.38. The Labute approximate surface area is 126 Å². The first-order valence-electron chi connectivity index (χ1n) is 6.94. The lowest BCUT2D eigenvalue weighted by molar-refractivity contribution is -0.142. The van der Waals surface area contributed by atoms with Crippen molar-refractivity contribution >= 4 is 21.9 Å². The van der Waals surface area contributed by atoms with Crippen LogP contribution >= 0.6 is 0 Å². The minimum absolute atomic E-state index is 0.0752. The molecule has 7 nitrogen and oxygen atoms in total. The van der Waals surface area contributed by atoms with Crippen molar-refractivity contribution in [2.24, 2.45) is 0 Å². The van der Waals surface area contributed by atoms with E-state index in [1.165, 1.54) is 9.21 Å². The number of carbonyl (C=O) groups is 2. The molecule has 0 aromatic carbocycles. The van der Waals surface area contributed by atoms with Crippen molar-refractivity contribution < 1.29 is 23.1 Å². The van der Waals surface area contributed by atoms with Crippen molar-refractivity contribution in [3.05, 3.63) is 0 Å². The molecule has 1 rings (SSSR count). The number of hydrogen-bond donors (Lipinski definition) is 1. The Hall–Kier alpha value is -1.15. The molecular formula is C13H24N2O5S. The third kappa shape index (κ3) is 4.67. The Bertz CT molecular complexity index is 509. The van der Waals surface area contributed by atoms with E-state index in [-0.39, 0.29) is 18.9 Å². The lowest BCUT2D eigenvalue weighted by Crippen LogP contribution is -2.54. The van der Waals surface area contributed by atoms with Gasteiger partial charge in [0.2, 0.25) is 15.9 Å². The fourth-order valence-corrected chi connectivity index (χ4v) is 3.67. The number of carboxylic acids is 1. The molecule has 8 heteroatoms. The van der Waals surface area contributed by atoms with Crippen molar-refractivity contribution in [3.63, 3.8) is 0 Å². The summed E-state index contributed by atoms with van der Waals surface area (Å²) in [5.74, 6) is -1.30. The van der Waals surface area contributed by atoms with Gasteiger partial charge in [0.05, 0.1) is 12.7 Å². The van der Waals surface area contributed by atoms with Gasteiger partial charge < -0.3 is 10.0 Å². The number of carbonyl (C=O) groups excluding carboxylic acids is 1. The molecule has 0 aromatic heterocycles. The van der Waals surface area contributed by atoms with Crippen LogP contribution in [0.25, 0.3) is 0 Å². The fraction of sp³-hybridized carbons (Fsp3) is 0.846. The minimum atomic E-state index is -3.44. The molecule has 1 unspecified atom stereocenters. The molecule has 1 N–H and O–H groups in total. The highest BCUT2D eigenvalue weighted by molar-refractivity contribution is 7.88. The van der Waals surface area contributed by atoms with E-state index in [1.807, 2.05) is 20.8 Å². The Kier molecular flexibility index (Phi) is 5.38. The summed E-state index contributed by atoms with van der Waals surface area (Å²) in [5.41, 5.74) is -0.557. The molecule has 0 aromatic rings. The molecule has 0 saturated carbocycles. The first-order chi connectivity index (χ1) is 9.44. The van der Waals surface area contributed by atoms with Crippen LogP contribution in [0.15, 0.2) is 0 Å². The van der Waals surface area contributed by atoms with Crippen LogP contribution in [0.5, 0.6) is 0 Å². The Morgan fingerprint density at radius 3 is 2.33 bits per heavy atom. The Balaban J connectivity index is 2.97. The monoisotopic (exact) mass is 320 g/mol. The summed E-state index contributed by atoms with van der Waals surface area (Å²) >= 11 is 0. The number of rotatable bonds is 5. The number of hydrogen-bond acceptors (Lipinski definition) is 4. The van der Waals surface area contributed by atoms with Crippen LogP contribution in [0, 0.1) is 0 Å². The molecule has 1 aliphatic rings. The highest BCUT2D eigenvalue weighted by atomic mass is 32.2. The van der Waals surface area contributed by atoms with Gasteiger partial charge in [-0.15, -0.1) is 0 Å². The lowest BCUT2D eigenvalue weighted by atomic mass is 10.0. The summed E-state index contributed by atoms with van der Waals surface area (Å²) < 4.78 is 24.7. The predicted molar refractivity (Wildman–Crippen MR) is 78.3 cm³/mol. The molecule has 1 fully saturated rings. The maximum absolute atomic E-state index is 12.7. The molecule has 1 atom stereocenters. The zero-order valence-electron chi connectivity index (χ0n) is 13.0. The van der Waals surface area contributed by atoms with E-state index in [0.717, 1.165) is 6.26 Å². The van der Waals surface area contributed by atoms with E-state index in [0.29, 0.717) is 19.4 Å². The zero-order valence-corrected chi connectivity index (χ0v) is 13.8. The first-order valence-corrected chi connectivity index (χ1v) is 8.79. The maximum Gasteiger partial charge on any atom is 0.305 e. The summed E-state index contributed by atoms with van der Waals surface area (Å²) in [5, 5.41) is 8.81. The second kappa shape index (κ2) is 6.31. The third-order valence-electron chi connectivity index (χ3n) is 3.54. The molecule has 122 valence electrons. The molecular weight excluding hydrogens is 296 g/mol. The highest BCUT2D eigenvalue weighted by Gasteiger charge is 2.41. The van der Waals surface area contributed by atoms with Gasteiger partial charge in [0.25, 0.3) is 0 Å². The van der Waals surface area contributed by atoms with Crippen molar-refractivity contribution in [2.45, 2.75) is 51.6 Å². The summed E-state index contributed by atoms with van der Waals surface area (Å²) in [7, 11) is -3.44. The van der Waals surface area contributed by atoms with Gasteiger partial charge in [0.15, 0.2) is 0 Å². The van der Waals surface area contributed by atoms with Crippen molar-refractivity contribution in [3.8, 4) is 0 Å². The van der Waals surface area contributed by atoms with Crippen molar-refractivity contribution in [2.75, 3.05) is 19.3 Å². The minimum Gasteiger partial charge on any atom is -0.481 e. The molecule has 0 bridgehead atoms. The predicted octanol–water partition coefficient (Wildman–Crippen LogP) is 0.512. The summed E-state index contributed by atoms with van der Waals surface area (Å²) in [6.45, 7) is 5.85. The second-order valence-corrected chi connectivity index (χ2v) is 8.27. The van der Waals surface area contributed by atoms with E-state index in [1.54, 1.807) is 0 Å². The Morgan fingerprint density at radius 1 is 1.33 bits per heavy atom. The van der Waals surface area contributed by atoms with E-state index >= 15 is 0 Å². The standard InChI is InChI=1S/C13H24N2O5S/c1-13(2,3)14(9-7-11(16)17)12(18)10-6-5-8-15(10)21(4,19)20/h10H,5-9H2,1-4H3,(H,16,17). The second-order valence-electron chi connectivity index (χ2n) is 6.34. The average molecular weight is 320 g/mol. The first kappa shape index (κ1) is 17.9. The molecule has 1 saturated heterocycles. The van der Waals surface area contributed by atoms with Crippen molar-refractivity contribution in [1.82, 2.24) is 9.21 Å². The van der Waals surface area contributed by atoms with Gasteiger partial charge in [-0.05, 0) is 33.6 Å². The van der Waals surface area contributed by atoms with Gasteiger partial charge in [-0.2, -0.15) is 4.31 Å². The van der Waals surface area contributed by atoms with Gasteiger partial charge in [-0.3, -0.25) is 9.59 Å². The number of aliphatic carboxylic acids is 1. The van der Waals surface area contributed by atoms with Crippen LogP contribution in [0.2, 0.25) is 0 Å². The topological polar surface area (TPSA) is 95.0 Å². The van der Waals surface area contributed by atoms with Gasteiger partial charge in [-0.25, -0.2) is 8.42 Å². The van der Waals surface area contributed by atoms with Crippen LogP contribution in [-0.4, -0.2) is 65.5 Å². The van der Waals surface area contributed by atoms with E-state index < -0.39 is 27.6 Å². The average Bonchev–Trinajstić information content (AvgIpc) is 2.74. The van der Waals surface area contributed by atoms with Gasteiger partial charge in [-0.1, -0.05) is 0 Å². The molecule has 1 amide bonds. The summed E-state index contributed by atoms with van der Waals surface area (Å²) in [6, 6.07) is -0.715. The van der Waals surface area contributed by atoms with Crippen LogP contribution < -0.4 is 0 Å². The van der Waals surface area contributed by atoms with E-state index in [9.17, 15) is 18.0 Å². The van der Waals surface area contributed by atoms with Crippen LogP contribution in [0.3, 0.4) is 0 Å². The normalized spacial score (nSPS) is 20.5. The zero-order chi connectivity index (χ0) is 16.4. The quantitative estimate of drug-likeness (QED) is 0.796. The number of amides is 1. The number of sulfonamides is 1. The number of nitrogens with zero attached hydrogens (tertiary/aromatic N) is 2. The van der Waals surface area contributed by atoms with Gasteiger partial charge >= 0.3 is 5.97 Å².